The highest BCUT2D eigenvalue weighted by atomic mass is 79.9. The van der Waals surface area contributed by atoms with Crippen molar-refractivity contribution in [1.29, 1.82) is 0 Å². The number of carbonyl (C=O) groups is 1. The fourth-order valence-electron chi connectivity index (χ4n) is 0.392. The predicted molar refractivity (Wildman–Crippen MR) is 43.1 cm³/mol. The van der Waals surface area contributed by atoms with Gasteiger partial charge < -0.3 is 4.42 Å². The summed E-state index contributed by atoms with van der Waals surface area (Å²) in [4.78, 5) is 9.91. The van der Waals surface area contributed by atoms with Crippen molar-refractivity contribution in [2.75, 3.05) is 0 Å². The van der Waals surface area contributed by atoms with Crippen molar-refractivity contribution in [2.45, 2.75) is 13.8 Å². The zero-order chi connectivity index (χ0) is 7.98. The Morgan fingerprint density at radius 1 is 1.50 bits per heavy atom. The molecule has 0 aliphatic rings. The molecule has 0 saturated heterocycles. The van der Waals surface area contributed by atoms with Gasteiger partial charge in [0, 0.05) is 0 Å². The highest BCUT2D eigenvalue weighted by Crippen LogP contribution is 2.11. The van der Waals surface area contributed by atoms with Gasteiger partial charge in [-0.1, -0.05) is 13.8 Å². The minimum absolute atomic E-state index is 0.344. The monoisotopic (exact) mass is 204 g/mol. The predicted octanol–water partition coefficient (Wildman–Crippen LogP) is 2.88. The van der Waals surface area contributed by atoms with E-state index in [-0.39, 0.29) is 0 Å². The maximum absolute atomic E-state index is 9.91. The summed E-state index contributed by atoms with van der Waals surface area (Å²) in [7, 11) is 0. The molecule has 56 valence electrons. The van der Waals surface area contributed by atoms with Crippen LogP contribution in [0.25, 0.3) is 0 Å². The minimum atomic E-state index is 0.344. The Kier molecular flexibility index (Phi) is 4.94. The molecule has 10 heavy (non-hydrogen) atoms. The van der Waals surface area contributed by atoms with Crippen molar-refractivity contribution < 1.29 is 9.21 Å². The van der Waals surface area contributed by atoms with Gasteiger partial charge in [-0.25, -0.2) is 0 Å². The molecule has 1 heterocycles. The first-order chi connectivity index (χ1) is 4.83. The van der Waals surface area contributed by atoms with Crippen LogP contribution in [-0.2, 0) is 0 Å². The summed E-state index contributed by atoms with van der Waals surface area (Å²) in [5.74, 6) is 0.344. The van der Waals surface area contributed by atoms with Crippen LogP contribution < -0.4 is 0 Å². The summed E-state index contributed by atoms with van der Waals surface area (Å²) in [6.45, 7) is 4.00. The first-order valence-corrected chi connectivity index (χ1v) is 3.83. The van der Waals surface area contributed by atoms with Crippen LogP contribution in [0.2, 0.25) is 0 Å². The zero-order valence-electron chi connectivity index (χ0n) is 5.93. The normalized spacial score (nSPS) is 7.90. The average molecular weight is 205 g/mol. The van der Waals surface area contributed by atoms with Gasteiger partial charge in [0.2, 0.25) is 0 Å². The first-order valence-electron chi connectivity index (χ1n) is 3.03. The number of furan rings is 1. The third kappa shape index (κ3) is 2.82. The molecule has 0 aliphatic carbocycles. The molecular formula is C7H9BrO2. The second-order valence-electron chi connectivity index (χ2n) is 1.26. The largest absolute Gasteiger partial charge is 0.447 e. The van der Waals surface area contributed by atoms with Crippen molar-refractivity contribution in [1.82, 2.24) is 0 Å². The lowest BCUT2D eigenvalue weighted by Crippen LogP contribution is -1.65. The van der Waals surface area contributed by atoms with Gasteiger partial charge in [-0.3, -0.25) is 4.79 Å². The van der Waals surface area contributed by atoms with Crippen molar-refractivity contribution in [3.63, 3.8) is 0 Å². The van der Waals surface area contributed by atoms with Gasteiger partial charge >= 0.3 is 0 Å². The number of rotatable bonds is 1. The fraction of sp³-hybridized carbons (Fsp3) is 0.286. The van der Waals surface area contributed by atoms with Gasteiger partial charge in [0.1, 0.15) is 0 Å². The zero-order valence-corrected chi connectivity index (χ0v) is 7.51. The van der Waals surface area contributed by atoms with Gasteiger partial charge in [0.15, 0.2) is 16.7 Å². The summed E-state index contributed by atoms with van der Waals surface area (Å²) in [6, 6.07) is 3.26. The second-order valence-corrected chi connectivity index (χ2v) is 2.04. The van der Waals surface area contributed by atoms with Crippen LogP contribution in [0.1, 0.15) is 24.4 Å². The van der Waals surface area contributed by atoms with Crippen molar-refractivity contribution in [2.24, 2.45) is 0 Å². The third-order valence-corrected chi connectivity index (χ3v) is 1.14. The Labute approximate surface area is 68.4 Å². The SMILES string of the molecule is CC.O=Cc1ccc(Br)o1. The van der Waals surface area contributed by atoms with Crippen LogP contribution in [0, 0.1) is 0 Å². The summed E-state index contributed by atoms with van der Waals surface area (Å²) < 4.78 is 5.36. The second kappa shape index (κ2) is 5.23. The van der Waals surface area contributed by atoms with Crippen LogP contribution in [0.5, 0.6) is 0 Å². The van der Waals surface area contributed by atoms with E-state index in [4.69, 9.17) is 4.42 Å². The van der Waals surface area contributed by atoms with E-state index in [2.05, 4.69) is 15.9 Å². The highest BCUT2D eigenvalue weighted by molar-refractivity contribution is 9.10. The van der Waals surface area contributed by atoms with E-state index in [1.165, 1.54) is 0 Å². The molecule has 0 unspecified atom stereocenters. The Morgan fingerprint density at radius 2 is 2.10 bits per heavy atom. The number of aldehydes is 1. The van der Waals surface area contributed by atoms with Gasteiger partial charge in [0.25, 0.3) is 0 Å². The molecule has 0 atom stereocenters. The van der Waals surface area contributed by atoms with Crippen LogP contribution >= 0.6 is 15.9 Å². The lowest BCUT2D eigenvalue weighted by Gasteiger charge is -1.74. The molecule has 1 aromatic heterocycles. The molecular weight excluding hydrogens is 196 g/mol. The number of halogens is 1. The number of carbonyl (C=O) groups excluding carboxylic acids is 1. The molecule has 0 fully saturated rings. The summed E-state index contributed by atoms with van der Waals surface area (Å²) in [6.07, 6.45) is 0.657. The van der Waals surface area contributed by atoms with Crippen molar-refractivity contribution in [3.05, 3.63) is 22.6 Å². The molecule has 0 spiro atoms. The Hall–Kier alpha value is -0.570. The van der Waals surface area contributed by atoms with E-state index >= 15 is 0 Å². The van der Waals surface area contributed by atoms with E-state index in [0.717, 1.165) is 0 Å². The standard InChI is InChI=1S/C5H3BrO2.C2H6/c6-5-2-1-4(3-7)8-5;1-2/h1-3H;1-2H3. The highest BCUT2D eigenvalue weighted by Gasteiger charge is 1.93. The maximum atomic E-state index is 9.91. The van der Waals surface area contributed by atoms with Gasteiger partial charge in [-0.2, -0.15) is 0 Å². The van der Waals surface area contributed by atoms with Crippen LogP contribution in [-0.4, -0.2) is 6.29 Å². The molecule has 2 nitrogen and oxygen atoms in total. The Morgan fingerprint density at radius 3 is 2.30 bits per heavy atom. The molecule has 0 bridgehead atoms. The smallest absolute Gasteiger partial charge is 0.185 e. The summed E-state index contributed by atoms with van der Waals surface area (Å²) in [5, 5.41) is 0. The Bertz CT molecular complexity index is 193. The molecule has 0 amide bonds. The van der Waals surface area contributed by atoms with E-state index < -0.39 is 0 Å². The summed E-state index contributed by atoms with van der Waals surface area (Å²) >= 11 is 3.05. The molecule has 1 aromatic rings. The summed E-state index contributed by atoms with van der Waals surface area (Å²) in [5.41, 5.74) is 0. The molecule has 3 heteroatoms. The van der Waals surface area contributed by atoms with Crippen molar-refractivity contribution >= 4 is 22.2 Å². The molecule has 0 radical (unpaired) electrons. The lowest BCUT2D eigenvalue weighted by atomic mass is 10.5. The van der Waals surface area contributed by atoms with E-state index in [0.29, 0.717) is 16.7 Å². The molecule has 1 rings (SSSR count). The molecule has 0 saturated carbocycles. The molecule has 0 aromatic carbocycles. The topological polar surface area (TPSA) is 30.2 Å². The van der Waals surface area contributed by atoms with Crippen LogP contribution in [0.3, 0.4) is 0 Å². The van der Waals surface area contributed by atoms with Crippen molar-refractivity contribution in [3.8, 4) is 0 Å². The molecule has 0 N–H and O–H groups in total. The maximum Gasteiger partial charge on any atom is 0.185 e. The van der Waals surface area contributed by atoms with Crippen LogP contribution in [0.4, 0.5) is 0 Å². The van der Waals surface area contributed by atoms with Gasteiger partial charge in [0.05, 0.1) is 0 Å². The lowest BCUT2D eigenvalue weighted by molar-refractivity contribution is 0.109. The van der Waals surface area contributed by atoms with Gasteiger partial charge in [-0.05, 0) is 28.1 Å². The quantitative estimate of drug-likeness (QED) is 0.659. The number of hydrogen-bond donors (Lipinski definition) is 0. The van der Waals surface area contributed by atoms with Gasteiger partial charge in [-0.15, -0.1) is 0 Å². The minimum Gasteiger partial charge on any atom is -0.447 e. The Balaban J connectivity index is 0.000000371. The molecule has 0 aliphatic heterocycles. The number of hydrogen-bond acceptors (Lipinski definition) is 2. The van der Waals surface area contributed by atoms with E-state index in [1.54, 1.807) is 12.1 Å². The first kappa shape index (κ1) is 9.43. The van der Waals surface area contributed by atoms with E-state index in [9.17, 15) is 4.79 Å². The fourth-order valence-corrected chi connectivity index (χ4v) is 0.711. The third-order valence-electron chi connectivity index (χ3n) is 0.710. The average Bonchev–Trinajstić information content (AvgIpc) is 2.40. The van der Waals surface area contributed by atoms with E-state index in [1.807, 2.05) is 13.8 Å². The van der Waals surface area contributed by atoms with Crippen LogP contribution in [0.15, 0.2) is 21.2 Å².